The molecule has 1 aromatic heterocycles. The molecule has 29 nitrogen and oxygen atoms in total. The minimum absolute atomic E-state index is 0.0278. The van der Waals surface area contributed by atoms with Crippen LogP contribution in [0.1, 0.15) is 68.2 Å². The second kappa shape index (κ2) is 33.4. The van der Waals surface area contributed by atoms with Gasteiger partial charge in [0.2, 0.25) is 41.4 Å². The maximum absolute atomic E-state index is 14.2. The van der Waals surface area contributed by atoms with Gasteiger partial charge < -0.3 is 95.1 Å². The third-order valence-corrected chi connectivity index (χ3v) is 14.6. The van der Waals surface area contributed by atoms with Gasteiger partial charge in [0.1, 0.15) is 42.0 Å². The Kier molecular flexibility index (Phi) is 27.3. The summed E-state index contributed by atoms with van der Waals surface area (Å²) in [6.45, 7) is -0.800. The Labute approximate surface area is 485 Å². The SMILES string of the molecule is COc1ccc(C[C@@H](CN[C@@H](CCCN=C(N)N)C(=O)O)NC(=O)[C@@H]2CCCN2C(=O)[C@H](CO)NC(=O)[C@H](Cc2cccs2)NC(=O)CNC(=O)[C@@H]2C[C@@H](O)CN2C(=O)[C@@H]2CCCN2C(=O)[C@@H](N)CCCN=C(N)N)cc1.O=C(O)C(F)(F)F. The van der Waals surface area contributed by atoms with Gasteiger partial charge in [0, 0.05) is 63.0 Å². The molecule has 9 atom stereocenters. The molecule has 3 saturated heterocycles. The molecule has 3 aliphatic heterocycles. The van der Waals surface area contributed by atoms with E-state index in [4.69, 9.17) is 43.3 Å². The van der Waals surface area contributed by atoms with Crippen molar-refractivity contribution in [3.8, 4) is 5.75 Å². The van der Waals surface area contributed by atoms with Crippen LogP contribution in [0.3, 0.4) is 0 Å². The molecule has 4 heterocycles. The van der Waals surface area contributed by atoms with Crippen molar-refractivity contribution in [2.75, 3.05) is 59.5 Å². The first-order chi connectivity index (χ1) is 39.7. The van der Waals surface area contributed by atoms with E-state index in [1.165, 1.54) is 33.1 Å². The number of alkyl halides is 3. The Bertz CT molecular complexity index is 2610. The molecule has 0 aliphatic carbocycles. The number of aliphatic imine (C=N–C) groups is 2. The van der Waals surface area contributed by atoms with Gasteiger partial charge in [-0.15, -0.1) is 11.3 Å². The van der Waals surface area contributed by atoms with E-state index in [2.05, 4.69) is 36.6 Å². The number of aliphatic carboxylic acids is 2. The van der Waals surface area contributed by atoms with E-state index in [1.807, 2.05) is 12.1 Å². The van der Waals surface area contributed by atoms with Gasteiger partial charge in [0.05, 0.1) is 32.4 Å². The van der Waals surface area contributed by atoms with Crippen LogP contribution >= 0.6 is 11.3 Å². The molecule has 7 amide bonds. The third-order valence-electron chi connectivity index (χ3n) is 13.8. The molecule has 0 bridgehead atoms. The summed E-state index contributed by atoms with van der Waals surface area (Å²) in [4.78, 5) is 130. The molecule has 33 heteroatoms. The summed E-state index contributed by atoms with van der Waals surface area (Å²) in [5, 5.41) is 53.6. The number of hydrogen-bond acceptors (Lipinski definition) is 17. The van der Waals surface area contributed by atoms with Crippen molar-refractivity contribution >= 4 is 76.5 Å². The number of nitrogens with one attached hydrogen (secondary N) is 5. The number of guanidine groups is 2. The zero-order valence-corrected chi connectivity index (χ0v) is 47.0. The van der Waals surface area contributed by atoms with E-state index in [9.17, 15) is 66.8 Å². The molecule has 0 unspecified atom stereocenters. The van der Waals surface area contributed by atoms with Gasteiger partial charge in [-0.1, -0.05) is 18.2 Å². The first-order valence-electron chi connectivity index (χ1n) is 26.9. The highest BCUT2D eigenvalue weighted by Crippen LogP contribution is 2.27. The first kappa shape index (κ1) is 68.6. The molecule has 3 aliphatic rings. The molecule has 2 aromatic rings. The maximum atomic E-state index is 14.2. The Morgan fingerprint density at radius 2 is 1.38 bits per heavy atom. The molecule has 0 spiro atoms. The second-order valence-electron chi connectivity index (χ2n) is 20.0. The lowest BCUT2D eigenvalue weighted by Crippen LogP contribution is -2.59. The first-order valence-corrected chi connectivity index (χ1v) is 27.8. The summed E-state index contributed by atoms with van der Waals surface area (Å²) >= 11 is 1.30. The summed E-state index contributed by atoms with van der Waals surface area (Å²) in [5.41, 5.74) is 28.5. The number of amides is 7. The zero-order chi connectivity index (χ0) is 62.3. The second-order valence-corrected chi connectivity index (χ2v) is 21.0. The number of hydrogen-bond donors (Lipinski definition) is 14. The number of rotatable bonds is 29. The van der Waals surface area contributed by atoms with Crippen molar-refractivity contribution in [1.29, 1.82) is 0 Å². The molecule has 0 radical (unpaired) electrons. The summed E-state index contributed by atoms with van der Waals surface area (Å²) < 4.78 is 37.0. The van der Waals surface area contributed by atoms with Crippen molar-refractivity contribution in [1.82, 2.24) is 41.3 Å². The summed E-state index contributed by atoms with van der Waals surface area (Å²) in [6, 6.07) is 2.01. The van der Waals surface area contributed by atoms with E-state index in [0.29, 0.717) is 42.7 Å². The van der Waals surface area contributed by atoms with Gasteiger partial charge in [-0.05, 0) is 86.9 Å². The quantitative estimate of drug-likeness (QED) is 0.0211. The van der Waals surface area contributed by atoms with Crippen molar-refractivity contribution < 1.29 is 81.5 Å². The molecular weight excluding hydrogens is 1140 g/mol. The number of ether oxygens (including phenoxy) is 1. The van der Waals surface area contributed by atoms with Gasteiger partial charge >= 0.3 is 18.1 Å². The number of carbonyl (C=O) groups is 9. The fourth-order valence-corrected chi connectivity index (χ4v) is 10.3. The lowest BCUT2D eigenvalue weighted by molar-refractivity contribution is -0.192. The molecule has 0 saturated carbocycles. The number of benzene rings is 1. The van der Waals surface area contributed by atoms with Crippen LogP contribution in [0, 0.1) is 0 Å². The zero-order valence-electron chi connectivity index (χ0n) is 46.2. The highest BCUT2D eigenvalue weighted by molar-refractivity contribution is 7.09. The molecule has 5 rings (SSSR count). The van der Waals surface area contributed by atoms with Crippen LogP contribution < -0.4 is 60.0 Å². The smallest absolute Gasteiger partial charge is 0.490 e. The van der Waals surface area contributed by atoms with Gasteiger partial charge in [0.15, 0.2) is 11.9 Å². The highest BCUT2D eigenvalue weighted by atomic mass is 32.1. The average molecular weight is 1210 g/mol. The average Bonchev–Trinajstić information content (AvgIpc) is 4.23. The van der Waals surface area contributed by atoms with E-state index in [-0.39, 0.29) is 89.7 Å². The van der Waals surface area contributed by atoms with Crippen molar-refractivity contribution in [3.05, 3.63) is 52.2 Å². The van der Waals surface area contributed by atoms with Crippen LogP contribution in [0.25, 0.3) is 0 Å². The summed E-state index contributed by atoms with van der Waals surface area (Å²) in [5.74, 6) is -8.15. The molecule has 84 heavy (non-hydrogen) atoms. The van der Waals surface area contributed by atoms with Crippen LogP contribution in [0.5, 0.6) is 5.75 Å². The number of likely N-dealkylation sites (tertiary alicyclic amines) is 3. The van der Waals surface area contributed by atoms with Gasteiger partial charge in [0.25, 0.3) is 0 Å². The number of carbonyl (C=O) groups excluding carboxylic acids is 7. The van der Waals surface area contributed by atoms with E-state index in [1.54, 1.807) is 29.6 Å². The normalized spacial score (nSPS) is 19.2. The lowest BCUT2D eigenvalue weighted by atomic mass is 10.0. The summed E-state index contributed by atoms with van der Waals surface area (Å²) in [7, 11) is 1.53. The van der Waals surface area contributed by atoms with E-state index >= 15 is 0 Å². The highest BCUT2D eigenvalue weighted by Gasteiger charge is 2.46. The van der Waals surface area contributed by atoms with Crippen LogP contribution in [0.2, 0.25) is 0 Å². The molecule has 3 fully saturated rings. The minimum atomic E-state index is -5.08. The predicted octanol–water partition coefficient (Wildman–Crippen LogP) is -3.84. The minimum Gasteiger partial charge on any atom is -0.497 e. The van der Waals surface area contributed by atoms with Crippen LogP contribution in [-0.4, -0.2) is 220 Å². The Hall–Kier alpha value is -7.88. The Balaban J connectivity index is 0.00000203. The number of nitrogens with zero attached hydrogens (tertiary/aromatic N) is 5. The van der Waals surface area contributed by atoms with E-state index < -0.39 is 127 Å². The molecular formula is C51H76F3N15O14S. The molecule has 466 valence electrons. The topological polar surface area (TPSA) is 468 Å². The van der Waals surface area contributed by atoms with Gasteiger partial charge in [-0.3, -0.25) is 48.3 Å². The molecule has 19 N–H and O–H groups in total. The fraction of sp³-hybridized carbons (Fsp3) is 0.588. The number of aliphatic hydroxyl groups is 2. The number of β-amino-alcohol motifs (C(OH)–C–C–N with tert-alkyl or cyclic N) is 1. The maximum Gasteiger partial charge on any atom is 0.490 e. The number of nitrogens with two attached hydrogens (primary N) is 5. The van der Waals surface area contributed by atoms with Crippen LogP contribution in [-0.2, 0) is 56.0 Å². The Morgan fingerprint density at radius 1 is 0.774 bits per heavy atom. The monoisotopic (exact) mass is 1210 g/mol. The van der Waals surface area contributed by atoms with E-state index in [0.717, 1.165) is 5.56 Å². The van der Waals surface area contributed by atoms with Gasteiger partial charge in [-0.2, -0.15) is 13.2 Å². The number of carboxylic acid groups (broad SMARTS) is 2. The fourth-order valence-electron chi connectivity index (χ4n) is 9.59. The van der Waals surface area contributed by atoms with Crippen molar-refractivity contribution in [2.24, 2.45) is 38.7 Å². The Morgan fingerprint density at radius 3 is 1.94 bits per heavy atom. The number of carboxylic acids is 2. The number of aliphatic hydroxyl groups excluding tert-OH is 2. The predicted molar refractivity (Wildman–Crippen MR) is 297 cm³/mol. The number of halogens is 3. The van der Waals surface area contributed by atoms with Crippen LogP contribution in [0.15, 0.2) is 51.8 Å². The van der Waals surface area contributed by atoms with Crippen molar-refractivity contribution in [3.63, 3.8) is 0 Å². The largest absolute Gasteiger partial charge is 0.497 e. The van der Waals surface area contributed by atoms with Crippen molar-refractivity contribution in [2.45, 2.75) is 131 Å². The number of methoxy groups -OCH3 is 1. The van der Waals surface area contributed by atoms with Gasteiger partial charge in [-0.25, -0.2) is 4.79 Å². The summed E-state index contributed by atoms with van der Waals surface area (Å²) in [6.07, 6.45) is -3.33. The third kappa shape index (κ3) is 21.7. The standard InChI is InChI=1S/C49H75N15O12S.C2HF3O2/c1-76-31-14-12-28(13-15-31)21-29(24-57-34(47(74)75)9-3-17-56-49(53)54)59-43(70)37-10-4-18-62(37)45(72)36(27-65)61-41(68)35(23-32-7-6-20-77-32)60-40(67)25-58-42(69)39-22-30(66)26-64(39)46(73)38-11-5-19-63(38)44(71)33(50)8-2-16-55-48(51)52;3-2(4,5)1(6)7/h6-7,12-15,20,29-30,33-39,57,65-66H,2-5,8-11,16-19,21-27,50H2,1H3,(H,58,69)(H,59,70)(H,60,67)(H,61,68)(H,74,75)(H4,51,52,55)(H4,53,54,56);(H,6,7)/t29-,30+,33-,34-,35-,36-,37-,38-,39-;/m0./s1. The number of thiophene rings is 1. The lowest BCUT2D eigenvalue weighted by Gasteiger charge is -2.32. The van der Waals surface area contributed by atoms with Crippen LogP contribution in [0.4, 0.5) is 13.2 Å². The molecule has 1 aromatic carbocycles.